The first-order valence-electron chi connectivity index (χ1n) is 9.42. The second-order valence-electron chi connectivity index (χ2n) is 6.10. The van der Waals surface area contributed by atoms with Crippen LogP contribution in [0, 0.1) is 13.8 Å². The van der Waals surface area contributed by atoms with Gasteiger partial charge in [-0.1, -0.05) is 44.5 Å². The average molecular weight is 430 g/mol. The molecule has 0 aliphatic carbocycles. The van der Waals surface area contributed by atoms with Crippen LogP contribution in [0.15, 0.2) is 47.4 Å². The first kappa shape index (κ1) is 26.9. The zero-order chi connectivity index (χ0) is 22.6. The van der Waals surface area contributed by atoms with E-state index in [4.69, 9.17) is 0 Å². The summed E-state index contributed by atoms with van der Waals surface area (Å²) in [6.45, 7) is 9.50. The zero-order valence-corrected chi connectivity index (χ0v) is 18.6. The molecule has 0 aromatic heterocycles. The molecule has 0 heterocycles. The van der Waals surface area contributed by atoms with Crippen LogP contribution < -0.4 is 5.32 Å². The molecule has 0 saturated carbocycles. The Morgan fingerprint density at radius 1 is 1.07 bits per heavy atom. The van der Waals surface area contributed by atoms with Gasteiger partial charge in [0.25, 0.3) is 0 Å². The van der Waals surface area contributed by atoms with Crippen LogP contribution >= 0.6 is 0 Å². The number of benzene rings is 2. The van der Waals surface area contributed by atoms with Gasteiger partial charge in [0, 0.05) is 23.3 Å². The Morgan fingerprint density at radius 2 is 1.69 bits per heavy atom. The van der Waals surface area contributed by atoms with E-state index < -0.39 is 22.5 Å². The van der Waals surface area contributed by atoms with Crippen molar-refractivity contribution in [3.63, 3.8) is 0 Å². The van der Waals surface area contributed by atoms with Crippen molar-refractivity contribution in [1.29, 1.82) is 0 Å². The molecule has 0 fully saturated rings. The van der Waals surface area contributed by atoms with Crippen LogP contribution in [-0.2, 0) is 21.8 Å². The predicted molar refractivity (Wildman–Crippen MR) is 115 cm³/mol. The molecule has 1 unspecified atom stereocenters. The topological polar surface area (TPSA) is 46.2 Å². The molecule has 7 heteroatoms. The van der Waals surface area contributed by atoms with Gasteiger partial charge in [-0.05, 0) is 50.1 Å². The summed E-state index contributed by atoms with van der Waals surface area (Å²) in [6.07, 6.45) is -1.20. The third-order valence-corrected chi connectivity index (χ3v) is 4.67. The lowest BCUT2D eigenvalue weighted by atomic mass is 10.1. The third-order valence-electron chi connectivity index (χ3n) is 3.59. The molecule has 0 spiro atoms. The molecule has 0 saturated heterocycles. The second kappa shape index (κ2) is 13.1. The van der Waals surface area contributed by atoms with Crippen LogP contribution in [0.3, 0.4) is 0 Å². The van der Waals surface area contributed by atoms with Gasteiger partial charge in [-0.15, -0.1) is 0 Å². The summed E-state index contributed by atoms with van der Waals surface area (Å²) in [5.74, 6) is 0.0206. The van der Waals surface area contributed by atoms with Crippen LogP contribution in [0.25, 0.3) is 0 Å². The van der Waals surface area contributed by atoms with Crippen molar-refractivity contribution < 1.29 is 22.2 Å². The minimum Gasteiger partial charge on any atom is -0.326 e. The van der Waals surface area contributed by atoms with E-state index in [-0.39, 0.29) is 5.91 Å². The summed E-state index contributed by atoms with van der Waals surface area (Å²) in [6, 6.07) is 10.7. The van der Waals surface area contributed by atoms with Gasteiger partial charge in [0.05, 0.1) is 16.4 Å². The van der Waals surface area contributed by atoms with Crippen LogP contribution in [0.4, 0.5) is 18.9 Å². The minimum absolute atomic E-state index is 0.0206. The molecule has 1 N–H and O–H groups in total. The Kier molecular flexibility index (Phi) is 12.2. The van der Waals surface area contributed by atoms with E-state index in [1.807, 2.05) is 33.8 Å². The van der Waals surface area contributed by atoms with Crippen molar-refractivity contribution in [2.24, 2.45) is 0 Å². The Hall–Kier alpha value is -2.15. The summed E-state index contributed by atoms with van der Waals surface area (Å²) in [4.78, 5) is 12.2. The van der Waals surface area contributed by atoms with E-state index in [0.29, 0.717) is 12.0 Å². The first-order valence-corrected chi connectivity index (χ1v) is 11.0. The smallest absolute Gasteiger partial charge is 0.326 e. The molecule has 1 atom stereocenters. The van der Waals surface area contributed by atoms with Crippen molar-refractivity contribution in [1.82, 2.24) is 0 Å². The minimum atomic E-state index is -4.22. The molecule has 1 amide bonds. The van der Waals surface area contributed by atoms with Crippen LogP contribution in [0.2, 0.25) is 0 Å². The zero-order valence-electron chi connectivity index (χ0n) is 17.8. The Bertz CT molecular complexity index is 805. The fourth-order valence-electron chi connectivity index (χ4n) is 2.32. The molecule has 2 aromatic carbocycles. The van der Waals surface area contributed by atoms with Gasteiger partial charge >= 0.3 is 6.18 Å². The lowest BCUT2D eigenvalue weighted by Crippen LogP contribution is -2.10. The number of hydrogen-bond acceptors (Lipinski definition) is 2. The standard InChI is InChI=1S/C12H17NO2S.C8H7F3.C2H6/c1-4-5-12(14)13-10-6-7-11(16(3)15)9(2)8-10;1-6-3-2-4-7(5-6)8(9,10)11;1-2/h6-8H,4-5H2,1-3H3,(H,13,14);2-5H,1H3;1-2H3. The first-order chi connectivity index (χ1) is 13.5. The van der Waals surface area contributed by atoms with Crippen LogP contribution in [-0.4, -0.2) is 16.4 Å². The monoisotopic (exact) mass is 429 g/mol. The lowest BCUT2D eigenvalue weighted by molar-refractivity contribution is -0.137. The normalized spacial score (nSPS) is 11.3. The van der Waals surface area contributed by atoms with Gasteiger partial charge < -0.3 is 5.32 Å². The molecule has 0 radical (unpaired) electrons. The number of alkyl halides is 3. The number of anilines is 1. The number of carbonyl (C=O) groups excluding carboxylic acids is 1. The van der Waals surface area contributed by atoms with Gasteiger partial charge in [-0.3, -0.25) is 9.00 Å². The number of amides is 1. The number of hydrogen-bond donors (Lipinski definition) is 1. The van der Waals surface area contributed by atoms with Gasteiger partial charge in [0.2, 0.25) is 5.91 Å². The predicted octanol–water partition coefficient (Wildman–Crippen LogP) is 6.51. The highest BCUT2D eigenvalue weighted by Crippen LogP contribution is 2.29. The van der Waals surface area contributed by atoms with Crippen LogP contribution in [0.5, 0.6) is 0 Å². The van der Waals surface area contributed by atoms with Gasteiger partial charge in [0.1, 0.15) is 0 Å². The van der Waals surface area contributed by atoms with Crippen molar-refractivity contribution in [2.75, 3.05) is 11.6 Å². The summed E-state index contributed by atoms with van der Waals surface area (Å²) in [7, 11) is -0.978. The Morgan fingerprint density at radius 3 is 2.10 bits per heavy atom. The fraction of sp³-hybridized carbons (Fsp3) is 0.409. The van der Waals surface area contributed by atoms with E-state index in [1.165, 1.54) is 6.07 Å². The highest BCUT2D eigenvalue weighted by Gasteiger charge is 2.29. The molecule has 2 aromatic rings. The third kappa shape index (κ3) is 10.3. The summed E-state index contributed by atoms with van der Waals surface area (Å²) in [5, 5.41) is 2.81. The van der Waals surface area contributed by atoms with E-state index >= 15 is 0 Å². The molecular formula is C22H30F3NO2S. The van der Waals surface area contributed by atoms with E-state index in [2.05, 4.69) is 5.32 Å². The van der Waals surface area contributed by atoms with E-state index in [9.17, 15) is 22.2 Å². The second-order valence-corrected chi connectivity index (χ2v) is 7.45. The number of aryl methyl sites for hydroxylation is 2. The molecule has 0 aliphatic rings. The maximum atomic E-state index is 12.0. The highest BCUT2D eigenvalue weighted by atomic mass is 32.2. The van der Waals surface area contributed by atoms with Crippen molar-refractivity contribution >= 4 is 22.4 Å². The van der Waals surface area contributed by atoms with Gasteiger partial charge in [0.15, 0.2) is 0 Å². The van der Waals surface area contributed by atoms with Crippen molar-refractivity contribution in [3.8, 4) is 0 Å². The number of halogens is 3. The molecule has 3 nitrogen and oxygen atoms in total. The summed E-state index contributed by atoms with van der Waals surface area (Å²) >= 11 is 0. The number of carbonyl (C=O) groups is 1. The maximum absolute atomic E-state index is 12.0. The molecular weight excluding hydrogens is 399 g/mol. The molecule has 2 rings (SSSR count). The summed E-state index contributed by atoms with van der Waals surface area (Å²) < 4.78 is 47.2. The maximum Gasteiger partial charge on any atom is 0.416 e. The van der Waals surface area contributed by atoms with Crippen LogP contribution in [0.1, 0.15) is 50.3 Å². The van der Waals surface area contributed by atoms with Crippen molar-refractivity contribution in [3.05, 3.63) is 59.2 Å². The van der Waals surface area contributed by atoms with Gasteiger partial charge in [-0.2, -0.15) is 13.2 Å². The quantitative estimate of drug-likeness (QED) is 0.602. The summed E-state index contributed by atoms with van der Waals surface area (Å²) in [5.41, 5.74) is 1.75. The molecule has 29 heavy (non-hydrogen) atoms. The SMILES string of the molecule is CC.CCCC(=O)Nc1ccc(S(C)=O)c(C)c1.Cc1cccc(C(F)(F)F)c1. The van der Waals surface area contributed by atoms with Gasteiger partial charge in [-0.25, -0.2) is 0 Å². The van der Waals surface area contributed by atoms with E-state index in [0.717, 1.165) is 34.7 Å². The largest absolute Gasteiger partial charge is 0.416 e. The Balaban J connectivity index is 0.000000526. The van der Waals surface area contributed by atoms with E-state index in [1.54, 1.807) is 31.4 Å². The molecule has 0 aliphatic heterocycles. The Labute approximate surface area is 174 Å². The number of nitrogens with one attached hydrogen (secondary N) is 1. The van der Waals surface area contributed by atoms with Crippen molar-refractivity contribution in [2.45, 2.75) is 58.5 Å². The lowest BCUT2D eigenvalue weighted by Gasteiger charge is -2.07. The average Bonchev–Trinajstić information content (AvgIpc) is 2.63. The molecule has 162 valence electrons. The fourth-order valence-corrected chi connectivity index (χ4v) is 3.09. The molecule has 0 bridgehead atoms. The number of rotatable bonds is 4. The highest BCUT2D eigenvalue weighted by molar-refractivity contribution is 7.84.